The predicted octanol–water partition coefficient (Wildman–Crippen LogP) is 5.23. The number of nitrogens with zero attached hydrogens (tertiary/aromatic N) is 1. The molecule has 1 aliphatic rings. The molecule has 8 nitrogen and oxygen atoms in total. The van der Waals surface area contributed by atoms with Crippen LogP contribution in [-0.2, 0) is 19.5 Å². The summed E-state index contributed by atoms with van der Waals surface area (Å²) < 4.78 is 26.9. The highest BCUT2D eigenvalue weighted by atomic mass is 28.4. The Morgan fingerprint density at radius 2 is 1.48 bits per heavy atom. The van der Waals surface area contributed by atoms with E-state index < -0.39 is 37.5 Å². The van der Waals surface area contributed by atoms with Gasteiger partial charge in [0, 0.05) is 17.7 Å². The molecule has 0 unspecified atom stereocenters. The maximum Gasteiger partial charge on any atom is 0.330 e. The van der Waals surface area contributed by atoms with Crippen molar-refractivity contribution in [1.82, 2.24) is 9.55 Å². The Balaban J connectivity index is 1.57. The lowest BCUT2D eigenvalue weighted by molar-refractivity contribution is -0.0321. The van der Waals surface area contributed by atoms with Gasteiger partial charge in [-0.3, -0.25) is 14.3 Å². The van der Waals surface area contributed by atoms with Crippen LogP contribution >= 0.6 is 0 Å². The van der Waals surface area contributed by atoms with E-state index in [-0.39, 0.29) is 5.92 Å². The fraction of sp³-hybridized carbons (Fsp3) is 0.333. The minimum absolute atomic E-state index is 0.189. The van der Waals surface area contributed by atoms with E-state index >= 15 is 0 Å². The van der Waals surface area contributed by atoms with Gasteiger partial charge in [-0.05, 0) is 55.4 Å². The van der Waals surface area contributed by atoms with Gasteiger partial charge in [-0.25, -0.2) is 4.79 Å². The van der Waals surface area contributed by atoms with Crippen LogP contribution < -0.4 is 16.0 Å². The second kappa shape index (κ2) is 12.2. The van der Waals surface area contributed by atoms with E-state index in [1.165, 1.54) is 4.57 Å². The molecular weight excluding hydrogens is 548 g/mol. The fourth-order valence-electron chi connectivity index (χ4n) is 5.52. The molecule has 1 N–H and O–H groups in total. The molecular formula is C33H38N2O6Si. The first-order chi connectivity index (χ1) is 20.1. The van der Waals surface area contributed by atoms with E-state index in [0.29, 0.717) is 18.8 Å². The van der Waals surface area contributed by atoms with Crippen molar-refractivity contribution in [1.29, 1.82) is 0 Å². The first-order valence-electron chi connectivity index (χ1n) is 14.1. The second-order valence-electron chi connectivity index (χ2n) is 11.6. The Hall–Kier alpha value is -3.76. The lowest BCUT2D eigenvalue weighted by Gasteiger charge is -2.38. The van der Waals surface area contributed by atoms with Gasteiger partial charge < -0.3 is 18.6 Å². The van der Waals surface area contributed by atoms with Gasteiger partial charge in [0.2, 0.25) is 0 Å². The van der Waals surface area contributed by atoms with Crippen LogP contribution in [0.25, 0.3) is 0 Å². The Kier molecular flexibility index (Phi) is 8.65. The van der Waals surface area contributed by atoms with Crippen LogP contribution in [-0.4, -0.2) is 44.3 Å². The topological polar surface area (TPSA) is 91.8 Å². The molecule has 2 heterocycles. The van der Waals surface area contributed by atoms with E-state index in [9.17, 15) is 9.59 Å². The molecule has 1 saturated heterocycles. The van der Waals surface area contributed by atoms with E-state index in [4.69, 9.17) is 18.6 Å². The largest absolute Gasteiger partial charge is 0.497 e. The number of ether oxygens (including phenoxy) is 3. The lowest BCUT2D eigenvalue weighted by Crippen LogP contribution is -2.44. The summed E-state index contributed by atoms with van der Waals surface area (Å²) in [5, 5.41) is 0. The summed E-state index contributed by atoms with van der Waals surface area (Å²) >= 11 is 0. The summed E-state index contributed by atoms with van der Waals surface area (Å²) in [5.74, 6) is 0.567. The lowest BCUT2D eigenvalue weighted by atomic mass is 9.80. The highest BCUT2D eigenvalue weighted by molar-refractivity contribution is 6.69. The van der Waals surface area contributed by atoms with Crippen molar-refractivity contribution >= 4 is 8.32 Å². The normalized spacial score (nSPS) is 19.1. The molecule has 0 spiro atoms. The number of nitrogens with one attached hydrogen (secondary N) is 1. The molecule has 4 aromatic rings. The molecule has 0 radical (unpaired) electrons. The van der Waals surface area contributed by atoms with Crippen molar-refractivity contribution in [3.63, 3.8) is 0 Å². The smallest absolute Gasteiger partial charge is 0.330 e. The Labute approximate surface area is 247 Å². The SMILES string of the molecule is COc1ccc(C(OC[C@H]2CO[C@@H](n3cc(C)c(=O)[nH]c3=O)[C@@H]2O[Si](C)(C)C)(c2ccccc2)c2ccccc2)cc1. The van der Waals surface area contributed by atoms with Gasteiger partial charge in [0.1, 0.15) is 11.4 Å². The highest BCUT2D eigenvalue weighted by Crippen LogP contribution is 2.43. The monoisotopic (exact) mass is 586 g/mol. The van der Waals surface area contributed by atoms with Gasteiger partial charge in [0.05, 0.1) is 26.4 Å². The molecule has 1 aliphatic heterocycles. The molecule has 0 bridgehead atoms. The number of benzene rings is 3. The molecule has 0 saturated carbocycles. The number of hydrogen-bond acceptors (Lipinski definition) is 6. The minimum atomic E-state index is -2.09. The third-order valence-corrected chi connectivity index (χ3v) is 8.49. The zero-order chi connectivity index (χ0) is 29.9. The van der Waals surface area contributed by atoms with Crippen LogP contribution in [0.2, 0.25) is 19.6 Å². The zero-order valence-electron chi connectivity index (χ0n) is 24.7. The van der Waals surface area contributed by atoms with Crippen molar-refractivity contribution in [3.05, 3.63) is 134 Å². The Morgan fingerprint density at radius 1 is 0.905 bits per heavy atom. The van der Waals surface area contributed by atoms with E-state index in [0.717, 1.165) is 22.4 Å². The van der Waals surface area contributed by atoms with E-state index in [2.05, 4.69) is 48.9 Å². The summed E-state index contributed by atoms with van der Waals surface area (Å²) in [6.45, 7) is 8.61. The average molecular weight is 587 g/mol. The summed E-state index contributed by atoms with van der Waals surface area (Å²) in [7, 11) is -0.444. The van der Waals surface area contributed by atoms with Crippen molar-refractivity contribution < 1.29 is 18.6 Å². The molecule has 42 heavy (non-hydrogen) atoms. The quantitative estimate of drug-likeness (QED) is 0.202. The summed E-state index contributed by atoms with van der Waals surface area (Å²) in [5.41, 5.74) is 1.46. The van der Waals surface area contributed by atoms with Crippen LogP contribution in [0.3, 0.4) is 0 Å². The van der Waals surface area contributed by atoms with Crippen LogP contribution in [0.15, 0.2) is 101 Å². The minimum Gasteiger partial charge on any atom is -0.497 e. The third kappa shape index (κ3) is 6.05. The highest BCUT2D eigenvalue weighted by Gasteiger charge is 2.45. The van der Waals surface area contributed by atoms with Crippen LogP contribution in [0, 0.1) is 12.8 Å². The molecule has 3 aromatic carbocycles. The summed E-state index contributed by atoms with van der Waals surface area (Å²) in [6, 6.07) is 28.3. The molecule has 9 heteroatoms. The number of methoxy groups -OCH3 is 1. The molecule has 5 rings (SSSR count). The van der Waals surface area contributed by atoms with Crippen molar-refractivity contribution in [3.8, 4) is 5.75 Å². The van der Waals surface area contributed by atoms with Gasteiger partial charge in [-0.15, -0.1) is 0 Å². The molecule has 220 valence electrons. The number of H-pyrrole nitrogens is 1. The van der Waals surface area contributed by atoms with Crippen LogP contribution in [0.4, 0.5) is 0 Å². The second-order valence-corrected chi connectivity index (χ2v) is 16.1. The first-order valence-corrected chi connectivity index (χ1v) is 17.5. The zero-order valence-corrected chi connectivity index (χ0v) is 25.7. The number of aromatic amines is 1. The van der Waals surface area contributed by atoms with E-state index in [1.807, 2.05) is 60.7 Å². The number of aromatic nitrogens is 2. The van der Waals surface area contributed by atoms with Crippen LogP contribution in [0.5, 0.6) is 5.75 Å². The maximum absolute atomic E-state index is 12.9. The van der Waals surface area contributed by atoms with Crippen molar-refractivity contribution in [2.45, 2.75) is 44.5 Å². The standard InChI is InChI=1S/C33H38N2O6Si/c1-23-20-35(32(37)34-30(23)36)31-29(41-42(3,4)5)24(21-39-31)22-40-33(25-12-8-6-9-13-25,26-14-10-7-11-15-26)27-16-18-28(38-2)19-17-27/h6-20,24,29,31H,21-22H2,1-5H3,(H,34,36,37)/t24-,29-,31-/m1/s1. The molecule has 3 atom stereocenters. The fourth-order valence-corrected chi connectivity index (χ4v) is 6.64. The van der Waals surface area contributed by atoms with Gasteiger partial charge in [0.25, 0.3) is 5.56 Å². The summed E-state index contributed by atoms with van der Waals surface area (Å²) in [6.07, 6.45) is 0.391. The number of hydrogen-bond donors (Lipinski definition) is 1. The number of rotatable bonds is 10. The molecule has 1 aromatic heterocycles. The molecule has 1 fully saturated rings. The van der Waals surface area contributed by atoms with Crippen LogP contribution in [0.1, 0.15) is 28.5 Å². The van der Waals surface area contributed by atoms with Crippen molar-refractivity contribution in [2.75, 3.05) is 20.3 Å². The maximum atomic E-state index is 12.9. The van der Waals surface area contributed by atoms with Gasteiger partial charge >= 0.3 is 5.69 Å². The van der Waals surface area contributed by atoms with Gasteiger partial charge in [-0.2, -0.15) is 0 Å². The van der Waals surface area contributed by atoms with Gasteiger partial charge in [-0.1, -0.05) is 72.8 Å². The summed E-state index contributed by atoms with van der Waals surface area (Å²) in [4.78, 5) is 27.3. The first kappa shape index (κ1) is 29.7. The number of aryl methyl sites for hydroxylation is 1. The van der Waals surface area contributed by atoms with E-state index in [1.54, 1.807) is 20.2 Å². The van der Waals surface area contributed by atoms with Crippen molar-refractivity contribution in [2.24, 2.45) is 5.92 Å². The average Bonchev–Trinajstić information content (AvgIpc) is 3.37. The van der Waals surface area contributed by atoms with Gasteiger partial charge in [0.15, 0.2) is 14.5 Å². The third-order valence-electron chi connectivity index (χ3n) is 7.51. The molecule has 0 amide bonds. The molecule has 0 aliphatic carbocycles. The Morgan fingerprint density at radius 3 is 2.02 bits per heavy atom. The predicted molar refractivity (Wildman–Crippen MR) is 164 cm³/mol. The Bertz CT molecular complexity index is 1560.